The van der Waals surface area contributed by atoms with Gasteiger partial charge >= 0.3 is 5.97 Å². The van der Waals surface area contributed by atoms with Gasteiger partial charge in [0.25, 0.3) is 0 Å². The normalized spacial score (nSPS) is 16.0. The van der Waals surface area contributed by atoms with Crippen molar-refractivity contribution < 1.29 is 27.5 Å². The van der Waals surface area contributed by atoms with Gasteiger partial charge in [-0.3, -0.25) is 14.6 Å². The Labute approximate surface area is 141 Å². The van der Waals surface area contributed by atoms with Crippen LogP contribution in [0.2, 0.25) is 0 Å². The molecule has 1 aromatic rings. The van der Waals surface area contributed by atoms with Crippen molar-refractivity contribution in [2.75, 3.05) is 12.9 Å². The van der Waals surface area contributed by atoms with Crippen LogP contribution < -0.4 is 0 Å². The Morgan fingerprint density at radius 2 is 1.88 bits per heavy atom. The van der Waals surface area contributed by atoms with Gasteiger partial charge in [-0.05, 0) is 32.1 Å². The van der Waals surface area contributed by atoms with E-state index in [4.69, 9.17) is 4.74 Å². The smallest absolute Gasteiger partial charge is 0.323 e. The van der Waals surface area contributed by atoms with Gasteiger partial charge in [-0.15, -0.1) is 11.8 Å². The van der Waals surface area contributed by atoms with Gasteiger partial charge in [0, 0.05) is 6.07 Å². The number of ether oxygens (including phenoxy) is 1. The Morgan fingerprint density at radius 3 is 2.42 bits per heavy atom. The number of halogens is 3. The van der Waals surface area contributed by atoms with E-state index in [1.807, 2.05) is 0 Å². The quantitative estimate of drug-likeness (QED) is 0.195. The largest absolute Gasteiger partial charge is 0.465 e. The second-order valence-corrected chi connectivity index (χ2v) is 6.02. The third-order valence-electron chi connectivity index (χ3n) is 3.37. The van der Waals surface area contributed by atoms with E-state index in [0.717, 1.165) is 24.6 Å². The lowest BCUT2D eigenvalue weighted by Crippen LogP contribution is -2.33. The highest BCUT2D eigenvalue weighted by molar-refractivity contribution is 8.13. The minimum Gasteiger partial charge on any atom is -0.465 e. The van der Waals surface area contributed by atoms with Crippen molar-refractivity contribution in [2.45, 2.75) is 25.8 Å². The molecule has 1 fully saturated rings. The monoisotopic (exact) mass is 359 g/mol. The first-order chi connectivity index (χ1) is 11.4. The molecule has 1 aromatic carbocycles. The van der Waals surface area contributed by atoms with Gasteiger partial charge in [-0.1, -0.05) is 0 Å². The van der Waals surface area contributed by atoms with Gasteiger partial charge < -0.3 is 4.74 Å². The summed E-state index contributed by atoms with van der Waals surface area (Å²) in [5.41, 5.74) is -0.704. The van der Waals surface area contributed by atoms with Crippen molar-refractivity contribution in [1.82, 2.24) is 0 Å². The highest BCUT2D eigenvalue weighted by Crippen LogP contribution is 2.28. The van der Waals surface area contributed by atoms with Crippen molar-refractivity contribution >= 4 is 28.6 Å². The number of rotatable bonds is 6. The van der Waals surface area contributed by atoms with Crippen LogP contribution in [-0.2, 0) is 9.53 Å². The first-order valence-electron chi connectivity index (χ1n) is 7.36. The lowest BCUT2D eigenvalue weighted by molar-refractivity contribution is -0.144. The maximum Gasteiger partial charge on any atom is 0.323 e. The van der Waals surface area contributed by atoms with Crippen LogP contribution in [0.5, 0.6) is 0 Å². The molecule has 1 saturated carbocycles. The van der Waals surface area contributed by atoms with Gasteiger partial charge in [0.15, 0.2) is 23.3 Å². The van der Waals surface area contributed by atoms with Gasteiger partial charge in [0.05, 0.1) is 23.3 Å². The second kappa shape index (κ2) is 7.83. The summed E-state index contributed by atoms with van der Waals surface area (Å²) in [7, 11) is 0. The molecule has 24 heavy (non-hydrogen) atoms. The summed E-state index contributed by atoms with van der Waals surface area (Å²) in [6, 6.07) is 0.752. The van der Waals surface area contributed by atoms with Crippen LogP contribution in [0.4, 0.5) is 13.2 Å². The van der Waals surface area contributed by atoms with Crippen LogP contribution in [0, 0.1) is 23.4 Å². The van der Waals surface area contributed by atoms with Crippen LogP contribution in [0.25, 0.3) is 0 Å². The second-order valence-electron chi connectivity index (χ2n) is 5.20. The summed E-state index contributed by atoms with van der Waals surface area (Å²) in [6.07, 6.45) is 3.31. The molecule has 1 atom stereocenters. The summed E-state index contributed by atoms with van der Waals surface area (Å²) >= 11 is 1.07. The molecule has 2 rings (SSSR count). The third kappa shape index (κ3) is 4.17. The Hall–Kier alpha value is -1.83. The molecule has 0 N–H and O–H groups in total. The Kier molecular flexibility index (Phi) is 6.04. The molecule has 4 nitrogen and oxygen atoms in total. The minimum absolute atomic E-state index is 0.0203. The first kappa shape index (κ1) is 18.5. The summed E-state index contributed by atoms with van der Waals surface area (Å²) < 4.78 is 45.2. The molecule has 130 valence electrons. The highest BCUT2D eigenvalue weighted by Gasteiger charge is 2.37. The third-order valence-corrected chi connectivity index (χ3v) is 4.13. The highest BCUT2D eigenvalue weighted by atomic mass is 32.2. The number of hydrogen-bond acceptors (Lipinski definition) is 5. The van der Waals surface area contributed by atoms with E-state index in [2.05, 4.69) is 4.99 Å². The number of nitrogens with zero attached hydrogens (tertiary/aromatic N) is 1. The van der Waals surface area contributed by atoms with E-state index in [1.54, 1.807) is 13.2 Å². The van der Waals surface area contributed by atoms with E-state index in [1.165, 1.54) is 0 Å². The molecule has 0 amide bonds. The minimum atomic E-state index is -1.49. The number of Topliss-reactive ketones (excluding diaryl/α,β-unsaturated/α-hetero) is 1. The zero-order valence-electron chi connectivity index (χ0n) is 13.1. The molecular formula is C16H16F3NO3S. The van der Waals surface area contributed by atoms with Crippen molar-refractivity contribution in [3.8, 4) is 0 Å². The summed E-state index contributed by atoms with van der Waals surface area (Å²) in [6.45, 7) is 1.59. The number of ketones is 1. The lowest BCUT2D eigenvalue weighted by atomic mass is 9.97. The van der Waals surface area contributed by atoms with Crippen LogP contribution in [0.3, 0.4) is 0 Å². The Balaban J connectivity index is 2.44. The molecule has 1 aliphatic carbocycles. The van der Waals surface area contributed by atoms with E-state index >= 15 is 0 Å². The molecule has 8 heteroatoms. The molecule has 0 saturated heterocycles. The number of aliphatic imine (C=N–C) groups is 1. The summed E-state index contributed by atoms with van der Waals surface area (Å²) in [5.74, 6) is -7.39. The predicted octanol–water partition coefficient (Wildman–Crippen LogP) is 3.39. The van der Waals surface area contributed by atoms with E-state index in [-0.39, 0.29) is 23.8 Å². The van der Waals surface area contributed by atoms with Crippen molar-refractivity contribution in [2.24, 2.45) is 10.9 Å². The fourth-order valence-electron chi connectivity index (χ4n) is 2.04. The Bertz CT molecular complexity index is 689. The van der Waals surface area contributed by atoms with Crippen LogP contribution >= 0.6 is 11.8 Å². The molecular weight excluding hydrogens is 343 g/mol. The van der Waals surface area contributed by atoms with E-state index in [9.17, 15) is 22.8 Å². The first-order valence-corrected chi connectivity index (χ1v) is 8.58. The van der Waals surface area contributed by atoms with Crippen molar-refractivity contribution in [3.63, 3.8) is 0 Å². The van der Waals surface area contributed by atoms with Crippen LogP contribution in [0.15, 0.2) is 17.1 Å². The number of esters is 1. The van der Waals surface area contributed by atoms with Crippen molar-refractivity contribution in [3.05, 3.63) is 35.1 Å². The standard InChI is InChI=1S/C16H16F3NO3S/c1-3-23-16(22)13(15(24-2)20-8-4-5-8)14(21)9-6-11(18)12(19)7-10(9)17/h6-8,13H,3-5H2,1-2H3. The van der Waals surface area contributed by atoms with Gasteiger partial charge in [-0.25, -0.2) is 13.2 Å². The maximum atomic E-state index is 13.9. The SMILES string of the molecule is CCOC(=O)C(C(=O)c1cc(F)c(F)cc1F)C(=NC1CC1)SC. The van der Waals surface area contributed by atoms with Gasteiger partial charge in [0.2, 0.25) is 0 Å². The Morgan fingerprint density at radius 1 is 1.25 bits per heavy atom. The number of benzene rings is 1. The van der Waals surface area contributed by atoms with Crippen LogP contribution in [0.1, 0.15) is 30.1 Å². The predicted molar refractivity (Wildman–Crippen MR) is 84.7 cm³/mol. The topological polar surface area (TPSA) is 55.7 Å². The average molecular weight is 359 g/mol. The lowest BCUT2D eigenvalue weighted by Gasteiger charge is -2.16. The van der Waals surface area contributed by atoms with Gasteiger partial charge in [-0.2, -0.15) is 0 Å². The molecule has 1 aliphatic rings. The molecule has 1 unspecified atom stereocenters. The molecule has 0 heterocycles. The number of thioether (sulfide) groups is 1. The zero-order chi connectivity index (χ0) is 17.9. The fraction of sp³-hybridized carbons (Fsp3) is 0.438. The summed E-state index contributed by atoms with van der Waals surface area (Å²) in [4.78, 5) is 29.1. The van der Waals surface area contributed by atoms with Crippen molar-refractivity contribution in [1.29, 1.82) is 0 Å². The van der Waals surface area contributed by atoms with Gasteiger partial charge in [0.1, 0.15) is 5.82 Å². The number of hydrogen-bond donors (Lipinski definition) is 0. The fourth-order valence-corrected chi connectivity index (χ4v) is 2.73. The molecule has 0 spiro atoms. The molecule has 0 aromatic heterocycles. The van der Waals surface area contributed by atoms with E-state index < -0.39 is 40.7 Å². The van der Waals surface area contributed by atoms with Crippen LogP contribution in [-0.4, -0.2) is 35.7 Å². The molecule has 0 bridgehead atoms. The van der Waals surface area contributed by atoms with E-state index in [0.29, 0.717) is 6.07 Å². The average Bonchev–Trinajstić information content (AvgIpc) is 3.34. The number of carbonyl (C=O) groups excluding carboxylic acids is 2. The maximum absolute atomic E-state index is 13.9. The molecule has 0 aliphatic heterocycles. The molecule has 0 radical (unpaired) electrons. The summed E-state index contributed by atoms with van der Waals surface area (Å²) in [5, 5.41) is 0.185. The zero-order valence-corrected chi connectivity index (χ0v) is 14.0. The number of carbonyl (C=O) groups is 2.